The predicted octanol–water partition coefficient (Wildman–Crippen LogP) is 4.86. The van der Waals surface area contributed by atoms with Gasteiger partial charge in [-0.05, 0) is 93.9 Å². The van der Waals surface area contributed by atoms with E-state index in [0.717, 1.165) is 61.3 Å². The summed E-state index contributed by atoms with van der Waals surface area (Å²) in [5.41, 5.74) is 1.30. The summed E-state index contributed by atoms with van der Waals surface area (Å²) in [5, 5.41) is 31.1. The monoisotopic (exact) mass is 530 g/mol. The molecule has 2 unspecified atom stereocenters. The molecule has 0 spiro atoms. The second-order valence-corrected chi connectivity index (χ2v) is 13.0. The van der Waals surface area contributed by atoms with Gasteiger partial charge in [-0.2, -0.15) is 10.2 Å². The lowest BCUT2D eigenvalue weighted by atomic mass is 9.47. The van der Waals surface area contributed by atoms with Gasteiger partial charge in [0.2, 0.25) is 5.95 Å². The SMILES string of the molecule is COc1ccccc1CNc1ncc(C#N)c(NCC23CC4C[C@H](C2)[C@H](NC2CCC(C)(O)CC2)[C@@H](C4)C3)n1. The number of nitrogens with one attached hydrogen (secondary N) is 3. The molecule has 39 heavy (non-hydrogen) atoms. The number of hydrogen-bond acceptors (Lipinski definition) is 8. The van der Waals surface area contributed by atoms with Gasteiger partial charge in [0, 0.05) is 30.7 Å². The zero-order chi connectivity index (χ0) is 27.0. The molecule has 8 heteroatoms. The van der Waals surface area contributed by atoms with Crippen molar-refractivity contribution in [3.63, 3.8) is 0 Å². The molecule has 4 N–H and O–H groups in total. The summed E-state index contributed by atoms with van der Waals surface area (Å²) in [6.45, 7) is 3.38. The molecule has 208 valence electrons. The zero-order valence-corrected chi connectivity index (χ0v) is 23.2. The molecule has 5 saturated carbocycles. The summed E-state index contributed by atoms with van der Waals surface area (Å²) in [4.78, 5) is 9.09. The van der Waals surface area contributed by atoms with Crippen molar-refractivity contribution < 1.29 is 9.84 Å². The van der Waals surface area contributed by atoms with E-state index in [-0.39, 0.29) is 5.41 Å². The highest BCUT2D eigenvalue weighted by molar-refractivity contribution is 5.53. The quantitative estimate of drug-likeness (QED) is 0.363. The molecule has 1 aromatic carbocycles. The summed E-state index contributed by atoms with van der Waals surface area (Å²) >= 11 is 0. The first-order valence-electron chi connectivity index (χ1n) is 14.7. The van der Waals surface area contributed by atoms with Crippen molar-refractivity contribution in [2.75, 3.05) is 24.3 Å². The zero-order valence-electron chi connectivity index (χ0n) is 23.2. The van der Waals surface area contributed by atoms with Crippen molar-refractivity contribution in [3.8, 4) is 11.8 Å². The van der Waals surface area contributed by atoms with Crippen LogP contribution in [-0.4, -0.2) is 46.4 Å². The third-order valence-electron chi connectivity index (χ3n) is 10.1. The van der Waals surface area contributed by atoms with Crippen molar-refractivity contribution >= 4 is 11.8 Å². The van der Waals surface area contributed by atoms with Crippen LogP contribution in [0.1, 0.15) is 75.8 Å². The third-order valence-corrected chi connectivity index (χ3v) is 10.1. The van der Waals surface area contributed by atoms with E-state index in [1.165, 1.54) is 32.1 Å². The van der Waals surface area contributed by atoms with E-state index >= 15 is 0 Å². The highest BCUT2D eigenvalue weighted by Crippen LogP contribution is 2.60. The molecule has 7 rings (SSSR count). The fourth-order valence-electron chi connectivity index (χ4n) is 8.34. The molecule has 0 radical (unpaired) electrons. The molecule has 5 aliphatic carbocycles. The second kappa shape index (κ2) is 10.6. The molecule has 0 amide bonds. The molecule has 5 aliphatic rings. The van der Waals surface area contributed by atoms with E-state index < -0.39 is 5.60 Å². The van der Waals surface area contributed by atoms with Gasteiger partial charge < -0.3 is 25.8 Å². The Morgan fingerprint density at radius 2 is 1.85 bits per heavy atom. The highest BCUT2D eigenvalue weighted by Gasteiger charge is 2.55. The normalized spacial score (nSPS) is 34.9. The Kier molecular flexibility index (Phi) is 7.15. The van der Waals surface area contributed by atoms with Gasteiger partial charge in [0.05, 0.1) is 18.9 Å². The maximum absolute atomic E-state index is 10.4. The van der Waals surface area contributed by atoms with Gasteiger partial charge in [-0.3, -0.25) is 0 Å². The predicted molar refractivity (Wildman–Crippen MR) is 151 cm³/mol. The molecule has 0 aliphatic heterocycles. The van der Waals surface area contributed by atoms with Crippen LogP contribution in [0, 0.1) is 34.5 Å². The lowest BCUT2D eigenvalue weighted by Crippen LogP contribution is -2.61. The highest BCUT2D eigenvalue weighted by atomic mass is 16.5. The summed E-state index contributed by atoms with van der Waals surface area (Å²) in [6.07, 6.45) is 12.0. The number of nitriles is 1. The Bertz CT molecular complexity index is 1200. The Hall–Kier alpha value is -2.89. The molecule has 5 atom stereocenters. The van der Waals surface area contributed by atoms with Crippen LogP contribution < -0.4 is 20.7 Å². The molecule has 1 aromatic heterocycles. The van der Waals surface area contributed by atoms with Gasteiger partial charge in [0.25, 0.3) is 0 Å². The van der Waals surface area contributed by atoms with Crippen LogP contribution in [0.2, 0.25) is 0 Å². The lowest BCUT2D eigenvalue weighted by Gasteiger charge is -2.61. The number of para-hydroxylation sites is 1. The first-order chi connectivity index (χ1) is 18.9. The minimum absolute atomic E-state index is 0.271. The standard InChI is InChI=1S/C31H42N6O2/c1-30(38)9-7-25(8-10-30)36-27-22-11-20-12-23(27)15-31(13-20,14-22)19-35-28-24(16-32)18-34-29(37-28)33-17-21-5-3-4-6-26(21)39-2/h3-6,18,20,22-23,25,27,36,38H,7-15,17,19H2,1-2H3,(H2,33,34,35,37)/t20?,22-,23+,25?,27+,30?,31?. The number of methoxy groups -OCH3 is 1. The minimum Gasteiger partial charge on any atom is -0.496 e. The van der Waals surface area contributed by atoms with Crippen molar-refractivity contribution in [3.05, 3.63) is 41.6 Å². The Balaban J connectivity index is 1.10. The number of ether oxygens (including phenoxy) is 1. The second-order valence-electron chi connectivity index (χ2n) is 13.0. The molecule has 0 saturated heterocycles. The number of hydrogen-bond donors (Lipinski definition) is 4. The van der Waals surface area contributed by atoms with E-state index in [9.17, 15) is 10.4 Å². The van der Waals surface area contributed by atoms with Crippen molar-refractivity contribution in [2.24, 2.45) is 23.2 Å². The van der Waals surface area contributed by atoms with E-state index in [0.29, 0.717) is 36.0 Å². The van der Waals surface area contributed by atoms with Crippen LogP contribution in [0.3, 0.4) is 0 Å². The fraction of sp³-hybridized carbons (Fsp3) is 0.645. The summed E-state index contributed by atoms with van der Waals surface area (Å²) < 4.78 is 5.46. The number of nitrogens with zero attached hydrogens (tertiary/aromatic N) is 3. The number of aliphatic hydroxyl groups is 1. The largest absolute Gasteiger partial charge is 0.496 e. The van der Waals surface area contributed by atoms with Crippen molar-refractivity contribution in [2.45, 2.75) is 88.9 Å². The van der Waals surface area contributed by atoms with E-state index in [2.05, 4.69) is 27.0 Å². The lowest BCUT2D eigenvalue weighted by molar-refractivity contribution is -0.0755. The van der Waals surface area contributed by atoms with Crippen LogP contribution in [0.5, 0.6) is 5.75 Å². The van der Waals surface area contributed by atoms with Crippen molar-refractivity contribution in [1.82, 2.24) is 15.3 Å². The first kappa shape index (κ1) is 26.3. The van der Waals surface area contributed by atoms with Crippen LogP contribution in [0.4, 0.5) is 11.8 Å². The van der Waals surface area contributed by atoms with Gasteiger partial charge >= 0.3 is 0 Å². The average molecular weight is 531 g/mol. The Morgan fingerprint density at radius 3 is 2.56 bits per heavy atom. The summed E-state index contributed by atoms with van der Waals surface area (Å²) in [5.74, 6) is 4.20. The van der Waals surface area contributed by atoms with E-state index in [4.69, 9.17) is 9.72 Å². The van der Waals surface area contributed by atoms with Gasteiger partial charge in [0.15, 0.2) is 0 Å². The smallest absolute Gasteiger partial charge is 0.224 e. The number of benzene rings is 1. The number of rotatable bonds is 9. The molecule has 4 bridgehead atoms. The number of anilines is 2. The number of aromatic nitrogens is 2. The molecular weight excluding hydrogens is 488 g/mol. The first-order valence-corrected chi connectivity index (χ1v) is 14.7. The maximum Gasteiger partial charge on any atom is 0.224 e. The molecular formula is C31H42N6O2. The van der Waals surface area contributed by atoms with Crippen molar-refractivity contribution in [1.29, 1.82) is 5.26 Å². The molecule has 1 heterocycles. The topological polar surface area (TPSA) is 115 Å². The average Bonchev–Trinajstić information content (AvgIpc) is 2.93. The van der Waals surface area contributed by atoms with Crippen LogP contribution in [-0.2, 0) is 6.54 Å². The van der Waals surface area contributed by atoms with Crippen LogP contribution >= 0.6 is 0 Å². The minimum atomic E-state index is -0.481. The van der Waals surface area contributed by atoms with Crippen LogP contribution in [0.15, 0.2) is 30.5 Å². The molecule has 2 aromatic rings. The summed E-state index contributed by atoms with van der Waals surface area (Å²) in [6, 6.07) is 11.3. The van der Waals surface area contributed by atoms with Crippen LogP contribution in [0.25, 0.3) is 0 Å². The van der Waals surface area contributed by atoms with Gasteiger partial charge in [-0.1, -0.05) is 18.2 Å². The third kappa shape index (κ3) is 5.57. The Morgan fingerprint density at radius 1 is 1.10 bits per heavy atom. The van der Waals surface area contributed by atoms with Gasteiger partial charge in [0.1, 0.15) is 23.2 Å². The fourth-order valence-corrected chi connectivity index (χ4v) is 8.34. The maximum atomic E-state index is 10.4. The molecule has 8 nitrogen and oxygen atoms in total. The molecule has 5 fully saturated rings. The van der Waals surface area contributed by atoms with E-state index in [1.54, 1.807) is 13.3 Å². The summed E-state index contributed by atoms with van der Waals surface area (Å²) in [7, 11) is 1.67. The Labute approximate surface area is 232 Å². The van der Waals surface area contributed by atoms with Gasteiger partial charge in [-0.15, -0.1) is 0 Å². The van der Waals surface area contributed by atoms with E-state index in [1.807, 2.05) is 31.2 Å². The van der Waals surface area contributed by atoms with Gasteiger partial charge in [-0.25, -0.2) is 4.98 Å².